The molecule has 0 unspecified atom stereocenters. The second kappa shape index (κ2) is 20.4. The highest BCUT2D eigenvalue weighted by Crippen LogP contribution is 2.15. The van der Waals surface area contributed by atoms with E-state index in [0.717, 1.165) is 17.0 Å². The first-order valence-electron chi connectivity index (χ1n) is 7.69. The fourth-order valence-corrected chi connectivity index (χ4v) is 0.979. The Morgan fingerprint density at radius 3 is 1.81 bits per heavy atom. The Morgan fingerprint density at radius 2 is 1.43 bits per heavy atom. The number of allylic oxidation sites excluding steroid dienone is 3. The Morgan fingerprint density at radius 1 is 0.952 bits per heavy atom. The van der Waals surface area contributed by atoms with Crippen LogP contribution in [0.4, 0.5) is 5.69 Å². The molecule has 0 amide bonds. The lowest BCUT2D eigenvalue weighted by molar-refractivity contribution is 1.13. The lowest BCUT2D eigenvalue weighted by atomic mass is 10.2. The Hall–Kier alpha value is -1.96. The monoisotopic (exact) mass is 288 g/mol. The van der Waals surface area contributed by atoms with Crippen molar-refractivity contribution in [3.8, 4) is 0 Å². The molecule has 0 aliphatic carbocycles. The Bertz CT molecular complexity index is 401. The minimum atomic E-state index is 0.744. The zero-order valence-corrected chi connectivity index (χ0v) is 14.9. The van der Waals surface area contributed by atoms with Crippen LogP contribution in [0, 0.1) is 0 Å². The van der Waals surface area contributed by atoms with Crippen LogP contribution < -0.4 is 0 Å². The number of benzene rings is 1. The van der Waals surface area contributed by atoms with Gasteiger partial charge in [0.2, 0.25) is 0 Å². The molecular weight excluding hydrogens is 256 g/mol. The van der Waals surface area contributed by atoms with Crippen molar-refractivity contribution in [2.24, 2.45) is 10.2 Å². The van der Waals surface area contributed by atoms with Gasteiger partial charge in [-0.1, -0.05) is 79.0 Å². The molecule has 0 spiro atoms. The van der Waals surface area contributed by atoms with Crippen LogP contribution in [0.5, 0.6) is 0 Å². The summed E-state index contributed by atoms with van der Waals surface area (Å²) in [5.41, 5.74) is 2.44. The standard InChI is InChI=1S/C13H14N2.3C2H6/c1-4-8-13(11(2)3)15-14-12-9-6-5-7-10-12;3*1-2/h4-10H,1-2H2,3H3;3*1-2H3/b13-8+,15-14?;;;. The van der Waals surface area contributed by atoms with E-state index in [9.17, 15) is 0 Å². The fourth-order valence-electron chi connectivity index (χ4n) is 0.979. The van der Waals surface area contributed by atoms with E-state index < -0.39 is 0 Å². The second-order valence-electron chi connectivity index (χ2n) is 3.10. The summed E-state index contributed by atoms with van der Waals surface area (Å²) in [6.07, 6.45) is 3.46. The molecule has 0 aliphatic rings. The summed E-state index contributed by atoms with van der Waals surface area (Å²) >= 11 is 0. The minimum Gasteiger partial charge on any atom is -0.151 e. The molecule has 118 valence electrons. The molecule has 0 saturated carbocycles. The van der Waals surface area contributed by atoms with Gasteiger partial charge in [-0.05, 0) is 30.7 Å². The van der Waals surface area contributed by atoms with Crippen LogP contribution in [-0.2, 0) is 0 Å². The molecule has 1 aromatic carbocycles. The first kappa shape index (κ1) is 24.1. The number of azo groups is 1. The van der Waals surface area contributed by atoms with E-state index in [-0.39, 0.29) is 0 Å². The zero-order valence-electron chi connectivity index (χ0n) is 14.9. The molecule has 1 aromatic rings. The van der Waals surface area contributed by atoms with E-state index in [4.69, 9.17) is 0 Å². The normalized spacial score (nSPS) is 9.19. The molecule has 0 saturated heterocycles. The SMILES string of the molecule is C=C/C=C(/N=Nc1ccccc1)C(=C)C.CC.CC.CC. The fraction of sp³-hybridized carbons (Fsp3) is 0.368. The maximum Gasteiger partial charge on any atom is 0.0880 e. The van der Waals surface area contributed by atoms with Crippen molar-refractivity contribution in [1.82, 2.24) is 0 Å². The second-order valence-corrected chi connectivity index (χ2v) is 3.10. The topological polar surface area (TPSA) is 24.7 Å². The van der Waals surface area contributed by atoms with E-state index in [1.165, 1.54) is 0 Å². The van der Waals surface area contributed by atoms with Crippen LogP contribution in [-0.4, -0.2) is 0 Å². The van der Waals surface area contributed by atoms with Crippen LogP contribution in [0.3, 0.4) is 0 Å². The van der Waals surface area contributed by atoms with Gasteiger partial charge in [0.25, 0.3) is 0 Å². The third kappa shape index (κ3) is 14.3. The van der Waals surface area contributed by atoms with Crippen LogP contribution >= 0.6 is 0 Å². The van der Waals surface area contributed by atoms with Crippen LogP contribution in [0.25, 0.3) is 0 Å². The van der Waals surface area contributed by atoms with E-state index in [1.54, 1.807) is 12.2 Å². The molecule has 2 nitrogen and oxygen atoms in total. The van der Waals surface area contributed by atoms with E-state index in [2.05, 4.69) is 23.4 Å². The summed E-state index contributed by atoms with van der Waals surface area (Å²) in [4.78, 5) is 0. The molecule has 0 aromatic heterocycles. The molecule has 1 rings (SSSR count). The number of rotatable bonds is 4. The van der Waals surface area contributed by atoms with Crippen molar-refractivity contribution in [2.45, 2.75) is 48.5 Å². The van der Waals surface area contributed by atoms with Crippen molar-refractivity contribution in [3.63, 3.8) is 0 Å². The summed E-state index contributed by atoms with van der Waals surface area (Å²) in [7, 11) is 0. The molecule has 0 bridgehead atoms. The first-order chi connectivity index (χ1) is 10.2. The predicted molar refractivity (Wildman–Crippen MR) is 98.1 cm³/mol. The zero-order chi connectivity index (χ0) is 17.1. The van der Waals surface area contributed by atoms with Crippen molar-refractivity contribution in [3.05, 3.63) is 66.9 Å². The van der Waals surface area contributed by atoms with Crippen LogP contribution in [0.2, 0.25) is 0 Å². The molecule has 0 aliphatic heterocycles. The van der Waals surface area contributed by atoms with Crippen LogP contribution in [0.15, 0.2) is 77.1 Å². The molecule has 0 fully saturated rings. The highest BCUT2D eigenvalue weighted by molar-refractivity contribution is 5.36. The molecule has 21 heavy (non-hydrogen) atoms. The summed E-state index contributed by atoms with van der Waals surface area (Å²) < 4.78 is 0. The van der Waals surface area contributed by atoms with Crippen molar-refractivity contribution in [2.75, 3.05) is 0 Å². The van der Waals surface area contributed by atoms with Gasteiger partial charge in [-0.25, -0.2) is 0 Å². The molecule has 2 heteroatoms. The molecular formula is C19H32N2. The van der Waals surface area contributed by atoms with Gasteiger partial charge in [0.15, 0.2) is 0 Å². The highest BCUT2D eigenvalue weighted by Gasteiger charge is 1.93. The van der Waals surface area contributed by atoms with Gasteiger partial charge in [-0.15, -0.1) is 0 Å². The Kier molecular flexibility index (Phi) is 23.3. The lowest BCUT2D eigenvalue weighted by Gasteiger charge is -1.96. The summed E-state index contributed by atoms with van der Waals surface area (Å²) in [6, 6.07) is 9.58. The quantitative estimate of drug-likeness (QED) is 0.405. The lowest BCUT2D eigenvalue weighted by Crippen LogP contribution is -1.76. The van der Waals surface area contributed by atoms with E-state index >= 15 is 0 Å². The summed E-state index contributed by atoms with van der Waals surface area (Å²) in [5, 5.41) is 8.19. The summed E-state index contributed by atoms with van der Waals surface area (Å²) in [6.45, 7) is 21.3. The predicted octanol–water partition coefficient (Wildman–Crippen LogP) is 7.49. The van der Waals surface area contributed by atoms with Crippen molar-refractivity contribution in [1.29, 1.82) is 0 Å². The molecule has 0 heterocycles. The van der Waals surface area contributed by atoms with E-state index in [0.29, 0.717) is 0 Å². The summed E-state index contributed by atoms with van der Waals surface area (Å²) in [5.74, 6) is 0. The maximum atomic E-state index is 4.10. The number of hydrogen-bond donors (Lipinski definition) is 0. The van der Waals surface area contributed by atoms with Crippen molar-refractivity contribution >= 4 is 5.69 Å². The van der Waals surface area contributed by atoms with Gasteiger partial charge in [-0.2, -0.15) is 10.2 Å². The van der Waals surface area contributed by atoms with Crippen LogP contribution in [0.1, 0.15) is 48.5 Å². The van der Waals surface area contributed by atoms with Crippen molar-refractivity contribution < 1.29 is 0 Å². The maximum absolute atomic E-state index is 4.10. The average molecular weight is 288 g/mol. The largest absolute Gasteiger partial charge is 0.151 e. The van der Waals surface area contributed by atoms with Gasteiger partial charge in [0.05, 0.1) is 11.4 Å². The van der Waals surface area contributed by atoms with Gasteiger partial charge < -0.3 is 0 Å². The van der Waals surface area contributed by atoms with Gasteiger partial charge in [0.1, 0.15) is 0 Å². The first-order valence-corrected chi connectivity index (χ1v) is 7.69. The number of hydrogen-bond acceptors (Lipinski definition) is 2. The van der Waals surface area contributed by atoms with E-state index in [1.807, 2.05) is 78.8 Å². The molecule has 0 N–H and O–H groups in total. The highest BCUT2D eigenvalue weighted by atomic mass is 15.1. The third-order valence-corrected chi connectivity index (χ3v) is 1.74. The van der Waals surface area contributed by atoms with Gasteiger partial charge >= 0.3 is 0 Å². The average Bonchev–Trinajstić information content (AvgIpc) is 2.57. The Balaban J connectivity index is -0.000000478. The molecule has 0 atom stereocenters. The van der Waals surface area contributed by atoms with Gasteiger partial charge in [-0.3, -0.25) is 0 Å². The Labute approximate surface area is 132 Å². The minimum absolute atomic E-state index is 0.744. The molecule has 0 radical (unpaired) electrons. The van der Waals surface area contributed by atoms with Gasteiger partial charge in [0, 0.05) is 0 Å². The smallest absolute Gasteiger partial charge is 0.0880 e. The number of nitrogens with zero attached hydrogens (tertiary/aromatic N) is 2. The third-order valence-electron chi connectivity index (χ3n) is 1.74.